The second-order valence-electron chi connectivity index (χ2n) is 2.10. The van der Waals surface area contributed by atoms with Gasteiger partial charge in [-0.25, -0.2) is 0 Å². The molecule has 0 aliphatic carbocycles. The molecule has 0 fully saturated rings. The van der Waals surface area contributed by atoms with E-state index < -0.39 is 0 Å². The summed E-state index contributed by atoms with van der Waals surface area (Å²) >= 11 is 2.67. The molecule has 0 saturated carbocycles. The van der Waals surface area contributed by atoms with Crippen LogP contribution in [0.1, 0.15) is 6.92 Å². The first-order chi connectivity index (χ1) is 5.38. The molecule has 56 valence electrons. The molecule has 0 bridgehead atoms. The monoisotopic (exact) mass is 183 g/mol. The Morgan fingerprint density at radius 2 is 2.36 bits per heavy atom. The van der Waals surface area contributed by atoms with Gasteiger partial charge in [-0.1, -0.05) is 0 Å². The first kappa shape index (κ1) is 8.34. The number of likely N-dealkylation sites (N-methyl/N-ethyl adjacent to an activating group) is 1. The molecule has 0 aromatic rings. The Morgan fingerprint density at radius 3 is 3.00 bits per heavy atom. The van der Waals surface area contributed by atoms with Crippen LogP contribution in [0.2, 0.25) is 0 Å². The van der Waals surface area contributed by atoms with E-state index in [4.69, 9.17) is 0 Å². The fourth-order valence-corrected chi connectivity index (χ4v) is 1.08. The third-order valence-electron chi connectivity index (χ3n) is 1.46. The predicted octanol–water partition coefficient (Wildman–Crippen LogP) is 1.38. The molecule has 0 radical (unpaired) electrons. The van der Waals surface area contributed by atoms with Crippen LogP contribution >= 0.6 is 0 Å². The molecular weight excluding hydrogens is 174 g/mol. The number of nitrogens with zero attached hydrogens (tertiary/aromatic N) is 1. The molecule has 2 heteroatoms. The van der Waals surface area contributed by atoms with E-state index in [2.05, 4.69) is 37.9 Å². The van der Waals surface area contributed by atoms with Gasteiger partial charge in [0.2, 0.25) is 0 Å². The van der Waals surface area contributed by atoms with Gasteiger partial charge >= 0.3 is 74.6 Å². The van der Waals surface area contributed by atoms with Gasteiger partial charge in [0.25, 0.3) is 0 Å². The van der Waals surface area contributed by atoms with Gasteiger partial charge in [-0.15, -0.1) is 0 Å². The van der Waals surface area contributed by atoms with Crippen molar-refractivity contribution in [2.45, 2.75) is 6.92 Å². The Morgan fingerprint density at radius 1 is 1.55 bits per heavy atom. The zero-order valence-corrected chi connectivity index (χ0v) is 7.65. The first-order valence-electron chi connectivity index (χ1n) is 3.50. The van der Waals surface area contributed by atoms with Crippen molar-refractivity contribution in [3.05, 3.63) is 35.9 Å². The van der Waals surface area contributed by atoms with Gasteiger partial charge in [-0.05, 0) is 0 Å². The molecular formula is C9H9CrN. The summed E-state index contributed by atoms with van der Waals surface area (Å²) in [6.45, 7) is 3.06. The van der Waals surface area contributed by atoms with Crippen LogP contribution in [0.4, 0.5) is 0 Å². The molecule has 11 heavy (non-hydrogen) atoms. The van der Waals surface area contributed by atoms with Crippen molar-refractivity contribution in [1.82, 2.24) is 4.90 Å². The molecule has 1 aliphatic rings. The fourth-order valence-electron chi connectivity index (χ4n) is 0.918. The Balaban J connectivity index is 2.97. The second kappa shape index (κ2) is 4.19. The van der Waals surface area contributed by atoms with Crippen molar-refractivity contribution in [1.29, 1.82) is 0 Å². The fraction of sp³-hybridized carbons (Fsp3) is 0.222. The number of hydrogen-bond donors (Lipinski definition) is 0. The molecule has 0 atom stereocenters. The Labute approximate surface area is 75.0 Å². The summed E-state index contributed by atoms with van der Waals surface area (Å²) in [5, 5.41) is 0. The van der Waals surface area contributed by atoms with E-state index in [9.17, 15) is 0 Å². The van der Waals surface area contributed by atoms with E-state index in [-0.39, 0.29) is 0 Å². The first-order valence-corrected chi connectivity index (χ1v) is 4.14. The molecule has 1 rings (SSSR count). The molecule has 0 N–H and O–H groups in total. The SMILES string of the molecule is CCN1C=CC=CC1=C=[C]=[Cr]. The Hall–Kier alpha value is -0.758. The van der Waals surface area contributed by atoms with Crippen molar-refractivity contribution < 1.29 is 15.9 Å². The van der Waals surface area contributed by atoms with Gasteiger partial charge in [0.15, 0.2) is 0 Å². The summed E-state index contributed by atoms with van der Waals surface area (Å²) in [5.41, 5.74) is 4.03. The number of hydrogen-bond acceptors (Lipinski definition) is 1. The van der Waals surface area contributed by atoms with Crippen LogP contribution < -0.4 is 0 Å². The van der Waals surface area contributed by atoms with Crippen molar-refractivity contribution in [2.24, 2.45) is 0 Å². The van der Waals surface area contributed by atoms with E-state index in [1.54, 1.807) is 0 Å². The Bertz CT molecular complexity index is 276. The van der Waals surface area contributed by atoms with Crippen LogP contribution in [0, 0.1) is 0 Å². The second-order valence-corrected chi connectivity index (χ2v) is 2.42. The van der Waals surface area contributed by atoms with Crippen LogP contribution in [-0.4, -0.2) is 16.0 Å². The van der Waals surface area contributed by atoms with Gasteiger partial charge in [0.05, 0.1) is 0 Å². The van der Waals surface area contributed by atoms with Crippen LogP contribution in [-0.2, 0) is 15.9 Å². The van der Waals surface area contributed by atoms with Crippen molar-refractivity contribution in [2.75, 3.05) is 6.54 Å². The average molecular weight is 183 g/mol. The zero-order chi connectivity index (χ0) is 8.10. The summed E-state index contributed by atoms with van der Waals surface area (Å²) in [7, 11) is 0. The third-order valence-corrected chi connectivity index (χ3v) is 1.62. The quantitative estimate of drug-likeness (QED) is 0.555. The summed E-state index contributed by atoms with van der Waals surface area (Å²) in [4.78, 5) is 2.10. The summed E-state index contributed by atoms with van der Waals surface area (Å²) < 4.78 is 2.76. The van der Waals surface area contributed by atoms with Crippen LogP contribution in [0.3, 0.4) is 0 Å². The van der Waals surface area contributed by atoms with Gasteiger partial charge in [0, 0.05) is 0 Å². The third kappa shape index (κ3) is 2.09. The van der Waals surface area contributed by atoms with E-state index in [1.807, 2.05) is 24.4 Å². The average Bonchev–Trinajstić information content (AvgIpc) is 2.06. The molecule has 1 nitrogen and oxygen atoms in total. The van der Waals surface area contributed by atoms with E-state index in [0.717, 1.165) is 12.2 Å². The van der Waals surface area contributed by atoms with E-state index in [0.29, 0.717) is 0 Å². The summed E-state index contributed by atoms with van der Waals surface area (Å²) in [6.07, 6.45) is 8.04. The van der Waals surface area contributed by atoms with Crippen LogP contribution in [0.25, 0.3) is 0 Å². The summed E-state index contributed by atoms with van der Waals surface area (Å²) in [6, 6.07) is 0. The molecule has 1 heterocycles. The summed E-state index contributed by atoms with van der Waals surface area (Å²) in [5.74, 6) is 0. The topological polar surface area (TPSA) is 3.24 Å². The molecule has 0 spiro atoms. The van der Waals surface area contributed by atoms with Crippen molar-refractivity contribution in [3.8, 4) is 0 Å². The van der Waals surface area contributed by atoms with Gasteiger partial charge < -0.3 is 0 Å². The van der Waals surface area contributed by atoms with Gasteiger partial charge in [-0.3, -0.25) is 0 Å². The van der Waals surface area contributed by atoms with Crippen molar-refractivity contribution >= 4 is 4.54 Å². The normalized spacial score (nSPS) is 14.6. The molecule has 0 aromatic carbocycles. The number of rotatable bonds is 1. The van der Waals surface area contributed by atoms with Gasteiger partial charge in [-0.2, -0.15) is 0 Å². The molecule has 1 aliphatic heterocycles. The minimum atomic E-state index is 0.963. The van der Waals surface area contributed by atoms with Crippen LogP contribution in [0.5, 0.6) is 0 Å². The predicted molar refractivity (Wildman–Crippen MR) is 42.7 cm³/mol. The zero-order valence-electron chi connectivity index (χ0n) is 6.37. The van der Waals surface area contributed by atoms with E-state index in [1.165, 1.54) is 0 Å². The van der Waals surface area contributed by atoms with Gasteiger partial charge in [0.1, 0.15) is 0 Å². The van der Waals surface area contributed by atoms with E-state index >= 15 is 0 Å². The number of allylic oxidation sites excluding steroid dienone is 3. The maximum absolute atomic E-state index is 2.98. The van der Waals surface area contributed by atoms with Crippen molar-refractivity contribution in [3.63, 3.8) is 0 Å². The standard InChI is InChI=1S/C9H9N.Cr/c1-3-9-7-5-6-8-10(9)4-2;/h5-8H,4H2,2H3;. The Kier molecular flexibility index (Phi) is 3.18. The minimum absolute atomic E-state index is 0.963. The van der Waals surface area contributed by atoms with Crippen LogP contribution in [0.15, 0.2) is 35.9 Å². The molecule has 0 aromatic heterocycles. The maximum atomic E-state index is 2.98. The molecule has 0 saturated heterocycles. The molecule has 0 amide bonds. The molecule has 0 unspecified atom stereocenters.